The fourth-order valence-corrected chi connectivity index (χ4v) is 3.51. The van der Waals surface area contributed by atoms with E-state index in [0.717, 1.165) is 17.3 Å². The first-order chi connectivity index (χ1) is 14.0. The molecule has 0 aliphatic carbocycles. The van der Waals surface area contributed by atoms with Crippen molar-refractivity contribution in [2.24, 2.45) is 10.2 Å². The molecule has 7 nitrogen and oxygen atoms in total. The lowest BCUT2D eigenvalue weighted by molar-refractivity contribution is -0.118. The van der Waals surface area contributed by atoms with Gasteiger partial charge in [0.1, 0.15) is 5.82 Å². The number of nitrogens with one attached hydrogen (secondary N) is 1. The number of carbonyl (C=O) groups excluding carboxylic acids is 2. The van der Waals surface area contributed by atoms with E-state index in [0.29, 0.717) is 22.2 Å². The van der Waals surface area contributed by atoms with Crippen LogP contribution in [-0.2, 0) is 4.79 Å². The normalized spacial score (nSPS) is 17.6. The van der Waals surface area contributed by atoms with Gasteiger partial charge in [0, 0.05) is 12.0 Å². The van der Waals surface area contributed by atoms with E-state index in [9.17, 15) is 14.0 Å². The Morgan fingerprint density at radius 3 is 2.59 bits per heavy atom. The van der Waals surface area contributed by atoms with Gasteiger partial charge in [0.15, 0.2) is 22.4 Å². The highest BCUT2D eigenvalue weighted by molar-refractivity contribution is 8.15. The Morgan fingerprint density at radius 2 is 1.90 bits per heavy atom. The van der Waals surface area contributed by atoms with Gasteiger partial charge in [-0.05, 0) is 48.0 Å². The predicted molar refractivity (Wildman–Crippen MR) is 109 cm³/mol. The van der Waals surface area contributed by atoms with E-state index in [1.165, 1.54) is 37.6 Å². The van der Waals surface area contributed by atoms with Crippen LogP contribution in [-0.4, -0.2) is 42.5 Å². The SMILES string of the molecule is COc1ccc(/C=N\N=C2\NC(=O)[C@@H](CC(=O)c3ccc(F)cc3)S2)cc1OC. The van der Waals surface area contributed by atoms with Crippen LogP contribution in [0.5, 0.6) is 11.5 Å². The summed E-state index contributed by atoms with van der Waals surface area (Å²) >= 11 is 1.13. The lowest BCUT2D eigenvalue weighted by Gasteiger charge is -2.07. The third-order valence-electron chi connectivity index (χ3n) is 4.08. The third-order valence-corrected chi connectivity index (χ3v) is 5.15. The Balaban J connectivity index is 1.62. The lowest BCUT2D eigenvalue weighted by atomic mass is 10.1. The highest BCUT2D eigenvalue weighted by atomic mass is 32.2. The predicted octanol–water partition coefficient (Wildman–Crippen LogP) is 3.04. The maximum Gasteiger partial charge on any atom is 0.240 e. The number of amidine groups is 1. The number of carbonyl (C=O) groups is 2. The first-order valence-electron chi connectivity index (χ1n) is 8.59. The van der Waals surface area contributed by atoms with Gasteiger partial charge < -0.3 is 14.8 Å². The highest BCUT2D eigenvalue weighted by Crippen LogP contribution is 2.27. The minimum atomic E-state index is -0.609. The van der Waals surface area contributed by atoms with Crippen molar-refractivity contribution in [1.82, 2.24) is 5.32 Å². The van der Waals surface area contributed by atoms with Gasteiger partial charge in [-0.2, -0.15) is 5.10 Å². The average molecular weight is 415 g/mol. The van der Waals surface area contributed by atoms with Crippen LogP contribution in [0.1, 0.15) is 22.3 Å². The molecule has 9 heteroatoms. The molecule has 1 N–H and O–H groups in total. The van der Waals surface area contributed by atoms with Crippen molar-refractivity contribution in [2.75, 3.05) is 14.2 Å². The van der Waals surface area contributed by atoms with E-state index >= 15 is 0 Å². The molecule has 0 saturated carbocycles. The van der Waals surface area contributed by atoms with Crippen LogP contribution < -0.4 is 14.8 Å². The maximum atomic E-state index is 13.0. The molecule has 1 heterocycles. The molecule has 1 aliphatic rings. The van der Waals surface area contributed by atoms with Crippen LogP contribution in [0.25, 0.3) is 0 Å². The van der Waals surface area contributed by atoms with Gasteiger partial charge in [0.2, 0.25) is 5.91 Å². The topological polar surface area (TPSA) is 89.4 Å². The summed E-state index contributed by atoms with van der Waals surface area (Å²) in [6.45, 7) is 0. The van der Waals surface area contributed by atoms with Crippen molar-refractivity contribution in [3.05, 3.63) is 59.4 Å². The smallest absolute Gasteiger partial charge is 0.240 e. The van der Waals surface area contributed by atoms with Crippen molar-refractivity contribution in [3.8, 4) is 11.5 Å². The number of halogens is 1. The molecule has 1 aliphatic heterocycles. The molecule has 0 aromatic heterocycles. The lowest BCUT2D eigenvalue weighted by Crippen LogP contribution is -2.26. The van der Waals surface area contributed by atoms with Crippen LogP contribution in [0, 0.1) is 5.82 Å². The van der Waals surface area contributed by atoms with Gasteiger partial charge in [0.25, 0.3) is 0 Å². The van der Waals surface area contributed by atoms with E-state index in [1.54, 1.807) is 25.3 Å². The van der Waals surface area contributed by atoms with Crippen LogP contribution >= 0.6 is 11.8 Å². The molecule has 0 unspecified atom stereocenters. The summed E-state index contributed by atoms with van der Waals surface area (Å²) in [4.78, 5) is 24.4. The first kappa shape index (κ1) is 20.5. The van der Waals surface area contributed by atoms with Gasteiger partial charge >= 0.3 is 0 Å². The summed E-state index contributed by atoms with van der Waals surface area (Å²) in [6, 6.07) is 10.5. The number of nitrogens with zero attached hydrogens (tertiary/aromatic N) is 2. The summed E-state index contributed by atoms with van der Waals surface area (Å²) < 4.78 is 23.4. The maximum absolute atomic E-state index is 13.0. The number of ketones is 1. The number of hydrogen-bond acceptors (Lipinski definition) is 7. The second-order valence-corrected chi connectivity index (χ2v) is 7.19. The largest absolute Gasteiger partial charge is 0.493 e. The minimum Gasteiger partial charge on any atom is -0.493 e. The Kier molecular flexibility index (Phi) is 6.61. The molecule has 0 radical (unpaired) electrons. The third kappa shape index (κ3) is 5.20. The highest BCUT2D eigenvalue weighted by Gasteiger charge is 2.32. The summed E-state index contributed by atoms with van der Waals surface area (Å²) in [5, 5.41) is 10.3. The second kappa shape index (κ2) is 9.33. The molecular weight excluding hydrogens is 397 g/mol. The Hall–Kier alpha value is -3.20. The molecule has 1 atom stereocenters. The standard InChI is InChI=1S/C20H18FN3O4S/c1-27-16-8-3-12(9-17(16)28-2)11-22-24-20-23-19(26)18(29-20)10-15(25)13-4-6-14(21)7-5-13/h3-9,11,18H,10H2,1-2H3,(H,23,24,26)/b22-11-/t18-/m1/s1. The zero-order chi connectivity index (χ0) is 20.8. The molecule has 0 spiro atoms. The summed E-state index contributed by atoms with van der Waals surface area (Å²) in [6.07, 6.45) is 1.50. The van der Waals surface area contributed by atoms with Gasteiger partial charge in [-0.1, -0.05) is 11.8 Å². The van der Waals surface area contributed by atoms with Crippen molar-refractivity contribution < 1.29 is 23.5 Å². The number of ether oxygens (including phenoxy) is 2. The van der Waals surface area contributed by atoms with Crippen LogP contribution in [0.3, 0.4) is 0 Å². The molecule has 1 saturated heterocycles. The number of hydrogen-bond donors (Lipinski definition) is 1. The number of benzene rings is 2. The number of rotatable bonds is 7. The molecule has 1 fully saturated rings. The summed E-state index contributed by atoms with van der Waals surface area (Å²) in [5.41, 5.74) is 1.10. The molecule has 29 heavy (non-hydrogen) atoms. The number of Topliss-reactive ketones (excluding diaryl/α,β-unsaturated/α-hetero) is 1. The van der Waals surface area contributed by atoms with Crippen molar-refractivity contribution >= 4 is 34.8 Å². The van der Waals surface area contributed by atoms with E-state index in [1.807, 2.05) is 0 Å². The van der Waals surface area contributed by atoms with Gasteiger partial charge in [-0.15, -0.1) is 5.10 Å². The fourth-order valence-electron chi connectivity index (χ4n) is 2.59. The monoisotopic (exact) mass is 415 g/mol. The quantitative estimate of drug-likeness (QED) is 0.427. The van der Waals surface area contributed by atoms with Crippen molar-refractivity contribution in [3.63, 3.8) is 0 Å². The van der Waals surface area contributed by atoms with Gasteiger partial charge in [-0.25, -0.2) is 4.39 Å². The van der Waals surface area contributed by atoms with Crippen LogP contribution in [0.4, 0.5) is 4.39 Å². The molecule has 3 rings (SSSR count). The Morgan fingerprint density at radius 1 is 1.17 bits per heavy atom. The zero-order valence-electron chi connectivity index (χ0n) is 15.7. The van der Waals surface area contributed by atoms with E-state index in [-0.39, 0.29) is 18.1 Å². The van der Waals surface area contributed by atoms with Crippen LogP contribution in [0.2, 0.25) is 0 Å². The van der Waals surface area contributed by atoms with E-state index in [2.05, 4.69) is 15.5 Å². The molecule has 1 amide bonds. The first-order valence-corrected chi connectivity index (χ1v) is 9.47. The Bertz CT molecular complexity index is 976. The van der Waals surface area contributed by atoms with E-state index < -0.39 is 11.1 Å². The van der Waals surface area contributed by atoms with Gasteiger partial charge in [0.05, 0.1) is 25.7 Å². The minimum absolute atomic E-state index is 0.0133. The molecular formula is C20H18FN3O4S. The number of thioether (sulfide) groups is 1. The molecule has 150 valence electrons. The molecule has 2 aromatic carbocycles. The number of methoxy groups -OCH3 is 2. The van der Waals surface area contributed by atoms with Crippen molar-refractivity contribution in [1.29, 1.82) is 0 Å². The molecule has 0 bridgehead atoms. The Labute approximate surface area is 171 Å². The zero-order valence-corrected chi connectivity index (χ0v) is 16.5. The van der Waals surface area contributed by atoms with Crippen molar-refractivity contribution in [2.45, 2.75) is 11.7 Å². The summed E-state index contributed by atoms with van der Waals surface area (Å²) in [5.74, 6) is 0.185. The fraction of sp³-hybridized carbons (Fsp3) is 0.200. The molecule has 2 aromatic rings. The van der Waals surface area contributed by atoms with Crippen LogP contribution in [0.15, 0.2) is 52.7 Å². The second-order valence-electron chi connectivity index (χ2n) is 5.99. The van der Waals surface area contributed by atoms with E-state index in [4.69, 9.17) is 9.47 Å². The number of amides is 1. The summed E-state index contributed by atoms with van der Waals surface area (Å²) in [7, 11) is 3.09. The van der Waals surface area contributed by atoms with Gasteiger partial charge in [-0.3, -0.25) is 9.59 Å². The average Bonchev–Trinajstić information content (AvgIpc) is 3.07.